The Hall–Kier alpha value is -4.27. The van der Waals surface area contributed by atoms with Crippen LogP contribution in [0.15, 0.2) is 54.7 Å². The molecule has 0 unspecified atom stereocenters. The molecule has 1 saturated carbocycles. The normalized spacial score (nSPS) is 22.9. The number of pyridine rings is 1. The molecule has 2 N–H and O–H groups in total. The molecule has 0 spiro atoms. The smallest absolute Gasteiger partial charge is 0.407 e. The van der Waals surface area contributed by atoms with Crippen molar-refractivity contribution in [2.75, 3.05) is 0 Å². The van der Waals surface area contributed by atoms with Gasteiger partial charge in [-0.25, -0.2) is 4.79 Å². The summed E-state index contributed by atoms with van der Waals surface area (Å²) in [6.07, 6.45) is 3.21. The topological polar surface area (TPSA) is 118 Å². The number of nitrogens with one attached hydrogen (secondary N) is 2. The molecule has 2 fully saturated rings. The molecule has 2 aromatic carbocycles. The van der Waals surface area contributed by atoms with Gasteiger partial charge in [0.2, 0.25) is 11.8 Å². The molecule has 0 radical (unpaired) electrons. The second-order valence-corrected chi connectivity index (χ2v) is 9.86. The number of rotatable bonds is 5. The number of para-hydroxylation sites is 1. The van der Waals surface area contributed by atoms with Gasteiger partial charge in [0.1, 0.15) is 12.1 Å². The third kappa shape index (κ3) is 4.41. The summed E-state index contributed by atoms with van der Waals surface area (Å²) in [6.45, 7) is 0.548. The number of imide groups is 1. The number of fused-ring (bicyclic) bond motifs is 2. The first kappa shape index (κ1) is 23.1. The summed E-state index contributed by atoms with van der Waals surface area (Å²) in [5, 5.41) is 6.19. The van der Waals surface area contributed by atoms with Crippen LogP contribution in [0.3, 0.4) is 0 Å². The molecule has 3 heterocycles. The summed E-state index contributed by atoms with van der Waals surface area (Å²) >= 11 is 0. The van der Waals surface area contributed by atoms with Gasteiger partial charge in [0.15, 0.2) is 0 Å². The zero-order chi connectivity index (χ0) is 25.5. The average Bonchev–Trinajstić information content (AvgIpc) is 3.20. The lowest BCUT2D eigenvalue weighted by atomic mass is 9.77. The predicted octanol–water partition coefficient (Wildman–Crippen LogP) is 3.17. The van der Waals surface area contributed by atoms with Gasteiger partial charge in [-0.05, 0) is 54.0 Å². The van der Waals surface area contributed by atoms with E-state index in [2.05, 4.69) is 21.7 Å². The van der Waals surface area contributed by atoms with Gasteiger partial charge in [0.05, 0.1) is 5.52 Å². The Bertz CT molecular complexity index is 1430. The SMILES string of the molecule is O=C1CC[C@@H](N2Cc3ccc(CNC(=O)OC4CC(c5cccc6cccnc56)C4)cc3C2=O)C(=O)N1. The van der Waals surface area contributed by atoms with E-state index in [9.17, 15) is 19.2 Å². The number of hydrogen-bond acceptors (Lipinski definition) is 6. The number of piperidine rings is 1. The molecule has 4 amide bonds. The largest absolute Gasteiger partial charge is 0.446 e. The monoisotopic (exact) mass is 498 g/mol. The zero-order valence-corrected chi connectivity index (χ0v) is 20.1. The highest BCUT2D eigenvalue weighted by Gasteiger charge is 2.39. The van der Waals surface area contributed by atoms with Crippen LogP contribution in [0.2, 0.25) is 0 Å². The van der Waals surface area contributed by atoms with Gasteiger partial charge in [-0.1, -0.05) is 36.4 Å². The first-order chi connectivity index (χ1) is 18.0. The van der Waals surface area contributed by atoms with Crippen LogP contribution in [0.4, 0.5) is 4.79 Å². The van der Waals surface area contributed by atoms with Gasteiger partial charge in [0.25, 0.3) is 5.91 Å². The van der Waals surface area contributed by atoms with Gasteiger partial charge < -0.3 is 15.0 Å². The van der Waals surface area contributed by atoms with Gasteiger partial charge in [-0.3, -0.25) is 24.7 Å². The first-order valence-electron chi connectivity index (χ1n) is 12.5. The van der Waals surface area contributed by atoms with Crippen LogP contribution >= 0.6 is 0 Å². The standard InChI is InChI=1S/C28H26N4O5/c33-24-9-8-23(26(34)31-24)32-15-18-7-6-16(11-22(18)27(32)35)14-30-28(36)37-20-12-19(13-20)21-5-1-3-17-4-2-10-29-25(17)21/h1-7,10-11,19-20,23H,8-9,12-15H2,(H,30,36)(H,31,33,34)/t19?,20?,23-/m1/s1. The van der Waals surface area contributed by atoms with Crippen molar-refractivity contribution >= 4 is 34.7 Å². The van der Waals surface area contributed by atoms with E-state index >= 15 is 0 Å². The number of hydrogen-bond donors (Lipinski definition) is 2. The summed E-state index contributed by atoms with van der Waals surface area (Å²) in [5.41, 5.74) is 4.29. The van der Waals surface area contributed by atoms with Crippen LogP contribution in [0.1, 0.15) is 58.6 Å². The zero-order valence-electron chi connectivity index (χ0n) is 20.1. The maximum absolute atomic E-state index is 13.0. The van der Waals surface area contributed by atoms with Crippen LogP contribution in [-0.2, 0) is 27.4 Å². The van der Waals surface area contributed by atoms with E-state index in [1.165, 1.54) is 10.5 Å². The molecule has 1 aliphatic carbocycles. The molecule has 9 heteroatoms. The minimum atomic E-state index is -0.648. The lowest BCUT2D eigenvalue weighted by Gasteiger charge is -2.35. The van der Waals surface area contributed by atoms with Crippen molar-refractivity contribution in [3.63, 3.8) is 0 Å². The van der Waals surface area contributed by atoms with Gasteiger partial charge >= 0.3 is 6.09 Å². The number of amides is 4. The maximum Gasteiger partial charge on any atom is 0.407 e. The summed E-state index contributed by atoms with van der Waals surface area (Å²) < 4.78 is 5.58. The van der Waals surface area contributed by atoms with Crippen molar-refractivity contribution in [2.45, 2.75) is 56.8 Å². The Morgan fingerprint density at radius 3 is 2.78 bits per heavy atom. The second-order valence-electron chi connectivity index (χ2n) is 9.86. The van der Waals surface area contributed by atoms with Crippen LogP contribution in [0.5, 0.6) is 0 Å². The molecule has 2 aliphatic heterocycles. The molecule has 6 rings (SSSR count). The van der Waals surface area contributed by atoms with E-state index in [4.69, 9.17) is 4.74 Å². The van der Waals surface area contributed by atoms with E-state index in [1.54, 1.807) is 12.3 Å². The molecular formula is C28H26N4O5. The van der Waals surface area contributed by atoms with E-state index in [0.29, 0.717) is 24.4 Å². The number of alkyl carbamates (subject to hydrolysis) is 1. The van der Waals surface area contributed by atoms with Gasteiger partial charge in [-0.2, -0.15) is 0 Å². The molecular weight excluding hydrogens is 472 g/mol. The Labute approximate surface area is 213 Å². The van der Waals surface area contributed by atoms with Crippen molar-refractivity contribution in [3.8, 4) is 0 Å². The molecule has 3 aromatic rings. The van der Waals surface area contributed by atoms with E-state index in [0.717, 1.165) is 34.9 Å². The number of carbonyl (C=O) groups excluding carboxylic acids is 4. The summed E-state index contributed by atoms with van der Waals surface area (Å²) in [4.78, 5) is 55.1. The summed E-state index contributed by atoms with van der Waals surface area (Å²) in [7, 11) is 0. The van der Waals surface area contributed by atoms with Crippen LogP contribution in [-0.4, -0.2) is 45.8 Å². The number of carbonyl (C=O) groups is 4. The van der Waals surface area contributed by atoms with Gasteiger partial charge in [0, 0.05) is 36.7 Å². The summed E-state index contributed by atoms with van der Waals surface area (Å²) in [5.74, 6) is -0.672. The van der Waals surface area contributed by atoms with Crippen molar-refractivity contribution in [1.29, 1.82) is 0 Å². The lowest BCUT2D eigenvalue weighted by Crippen LogP contribution is -2.52. The number of nitrogens with zero attached hydrogens (tertiary/aromatic N) is 2. The Morgan fingerprint density at radius 1 is 1.11 bits per heavy atom. The van der Waals surface area contributed by atoms with Gasteiger partial charge in [-0.15, -0.1) is 0 Å². The highest BCUT2D eigenvalue weighted by Crippen LogP contribution is 2.41. The molecule has 9 nitrogen and oxygen atoms in total. The van der Waals surface area contributed by atoms with Crippen molar-refractivity contribution < 1.29 is 23.9 Å². The fourth-order valence-electron chi connectivity index (χ4n) is 5.45. The first-order valence-corrected chi connectivity index (χ1v) is 12.5. The molecule has 1 aromatic heterocycles. The van der Waals surface area contributed by atoms with Crippen molar-refractivity contribution in [3.05, 3.63) is 77.0 Å². The fraction of sp³-hybridized carbons (Fsp3) is 0.321. The molecule has 37 heavy (non-hydrogen) atoms. The maximum atomic E-state index is 13.0. The van der Waals surface area contributed by atoms with Crippen molar-refractivity contribution in [2.24, 2.45) is 0 Å². The van der Waals surface area contributed by atoms with Crippen LogP contribution in [0.25, 0.3) is 10.9 Å². The number of ether oxygens (including phenoxy) is 1. The molecule has 1 saturated heterocycles. The number of benzene rings is 2. The Morgan fingerprint density at radius 2 is 1.95 bits per heavy atom. The highest BCUT2D eigenvalue weighted by atomic mass is 16.6. The van der Waals surface area contributed by atoms with Crippen molar-refractivity contribution in [1.82, 2.24) is 20.5 Å². The third-order valence-electron chi connectivity index (χ3n) is 7.50. The molecule has 188 valence electrons. The van der Waals surface area contributed by atoms with E-state index in [1.807, 2.05) is 36.4 Å². The Balaban J connectivity index is 1.02. The van der Waals surface area contributed by atoms with E-state index < -0.39 is 18.0 Å². The highest BCUT2D eigenvalue weighted by molar-refractivity contribution is 6.05. The second kappa shape index (κ2) is 9.31. The molecule has 1 atom stereocenters. The summed E-state index contributed by atoms with van der Waals surface area (Å²) in [6, 6.07) is 14.9. The predicted molar refractivity (Wildman–Crippen MR) is 133 cm³/mol. The fourth-order valence-corrected chi connectivity index (χ4v) is 5.45. The van der Waals surface area contributed by atoms with Crippen LogP contribution in [0, 0.1) is 0 Å². The minimum absolute atomic E-state index is 0.146. The van der Waals surface area contributed by atoms with Crippen LogP contribution < -0.4 is 10.6 Å². The minimum Gasteiger partial charge on any atom is -0.446 e. The van der Waals surface area contributed by atoms with E-state index in [-0.39, 0.29) is 30.9 Å². The lowest BCUT2D eigenvalue weighted by molar-refractivity contribution is -0.136. The third-order valence-corrected chi connectivity index (χ3v) is 7.50. The quantitative estimate of drug-likeness (QED) is 0.522. The number of aromatic nitrogens is 1. The average molecular weight is 499 g/mol. The Kier molecular flexibility index (Phi) is 5.82. The molecule has 3 aliphatic rings. The molecule has 0 bridgehead atoms.